The summed E-state index contributed by atoms with van der Waals surface area (Å²) in [6, 6.07) is 6.21. The van der Waals surface area contributed by atoms with Gasteiger partial charge in [-0.25, -0.2) is 0 Å². The molecule has 1 unspecified atom stereocenters. The summed E-state index contributed by atoms with van der Waals surface area (Å²) >= 11 is 1.64. The summed E-state index contributed by atoms with van der Waals surface area (Å²) in [5, 5.41) is 12.1. The van der Waals surface area contributed by atoms with Crippen LogP contribution in [0.25, 0.3) is 0 Å². The third-order valence-corrected chi connectivity index (χ3v) is 3.67. The molecule has 74 valence electrons. The molecule has 1 aliphatic heterocycles. The molecular weight excluding hydrogens is 192 g/mol. The molecule has 1 atom stereocenters. The highest BCUT2D eigenvalue weighted by Crippen LogP contribution is 2.22. The zero-order chi connectivity index (χ0) is 9.80. The van der Waals surface area contributed by atoms with Gasteiger partial charge in [0.1, 0.15) is 10.9 Å². The predicted molar refractivity (Wildman–Crippen MR) is 58.3 cm³/mol. The summed E-state index contributed by atoms with van der Waals surface area (Å²) in [7, 11) is 0. The van der Waals surface area contributed by atoms with E-state index in [1.54, 1.807) is 11.3 Å². The van der Waals surface area contributed by atoms with Crippen molar-refractivity contribution in [2.75, 3.05) is 13.1 Å². The van der Waals surface area contributed by atoms with Gasteiger partial charge in [0.05, 0.1) is 0 Å². The third-order valence-electron chi connectivity index (χ3n) is 2.66. The first-order chi connectivity index (χ1) is 6.88. The number of rotatable bonds is 2. The second kappa shape index (κ2) is 4.59. The maximum absolute atomic E-state index is 8.70. The van der Waals surface area contributed by atoms with Crippen LogP contribution in [0.2, 0.25) is 0 Å². The van der Waals surface area contributed by atoms with Gasteiger partial charge in [-0.2, -0.15) is 5.26 Å². The molecular formula is C11H14N2S. The van der Waals surface area contributed by atoms with E-state index in [9.17, 15) is 0 Å². The van der Waals surface area contributed by atoms with Gasteiger partial charge in [0.15, 0.2) is 0 Å². The minimum absolute atomic E-state index is 0.772. The summed E-state index contributed by atoms with van der Waals surface area (Å²) in [6.45, 7) is 2.31. The molecule has 1 N–H and O–H groups in total. The molecule has 1 saturated heterocycles. The minimum atomic E-state index is 0.772. The standard InChI is InChI=1S/C11H14N2S/c12-7-11-4-3-10(14-11)6-9-2-1-5-13-8-9/h3-4,9,13H,1-2,5-6,8H2. The number of hydrogen-bond donors (Lipinski definition) is 1. The Morgan fingerprint density at radius 3 is 3.14 bits per heavy atom. The topological polar surface area (TPSA) is 35.8 Å². The van der Waals surface area contributed by atoms with Crippen LogP contribution in [0.3, 0.4) is 0 Å². The molecule has 2 heterocycles. The molecule has 0 aromatic carbocycles. The monoisotopic (exact) mass is 206 g/mol. The van der Waals surface area contributed by atoms with Crippen molar-refractivity contribution in [1.29, 1.82) is 5.26 Å². The van der Waals surface area contributed by atoms with Crippen LogP contribution in [0.4, 0.5) is 0 Å². The Morgan fingerprint density at radius 1 is 1.57 bits per heavy atom. The lowest BCUT2D eigenvalue weighted by atomic mass is 9.96. The Bertz CT molecular complexity index is 331. The molecule has 2 rings (SSSR count). The van der Waals surface area contributed by atoms with Crippen molar-refractivity contribution in [3.05, 3.63) is 21.9 Å². The van der Waals surface area contributed by atoms with Crippen LogP contribution in [0.15, 0.2) is 12.1 Å². The van der Waals surface area contributed by atoms with Gasteiger partial charge in [0, 0.05) is 4.88 Å². The normalized spacial score (nSPS) is 21.8. The van der Waals surface area contributed by atoms with E-state index in [0.717, 1.165) is 23.8 Å². The molecule has 0 radical (unpaired) electrons. The molecule has 1 aliphatic rings. The zero-order valence-corrected chi connectivity index (χ0v) is 8.94. The molecule has 0 amide bonds. The third kappa shape index (κ3) is 2.34. The van der Waals surface area contributed by atoms with E-state index in [1.807, 2.05) is 6.07 Å². The Kier molecular flexibility index (Phi) is 3.18. The second-order valence-corrected chi connectivity index (χ2v) is 4.96. The van der Waals surface area contributed by atoms with Gasteiger partial charge in [-0.1, -0.05) is 0 Å². The molecule has 0 aliphatic carbocycles. The van der Waals surface area contributed by atoms with E-state index in [4.69, 9.17) is 5.26 Å². The smallest absolute Gasteiger partial charge is 0.110 e. The van der Waals surface area contributed by atoms with E-state index in [1.165, 1.54) is 24.3 Å². The molecule has 0 spiro atoms. The molecule has 1 fully saturated rings. The van der Waals surface area contributed by atoms with Crippen molar-refractivity contribution in [2.24, 2.45) is 5.92 Å². The highest BCUT2D eigenvalue weighted by atomic mass is 32.1. The van der Waals surface area contributed by atoms with Crippen LogP contribution >= 0.6 is 11.3 Å². The van der Waals surface area contributed by atoms with Crippen molar-refractivity contribution in [1.82, 2.24) is 5.32 Å². The Labute approximate surface area is 88.6 Å². The van der Waals surface area contributed by atoms with Crippen molar-refractivity contribution in [2.45, 2.75) is 19.3 Å². The molecule has 1 aromatic rings. The van der Waals surface area contributed by atoms with Crippen LogP contribution in [0.5, 0.6) is 0 Å². The fraction of sp³-hybridized carbons (Fsp3) is 0.545. The summed E-state index contributed by atoms with van der Waals surface area (Å²) < 4.78 is 0. The number of hydrogen-bond acceptors (Lipinski definition) is 3. The first-order valence-electron chi connectivity index (χ1n) is 5.08. The minimum Gasteiger partial charge on any atom is -0.316 e. The molecule has 3 heteroatoms. The fourth-order valence-corrected chi connectivity index (χ4v) is 2.85. The number of nitriles is 1. The predicted octanol–water partition coefficient (Wildman–Crippen LogP) is 2.16. The van der Waals surface area contributed by atoms with Crippen LogP contribution in [-0.2, 0) is 6.42 Å². The Hall–Kier alpha value is -0.850. The SMILES string of the molecule is N#Cc1ccc(CC2CCCNC2)s1. The Balaban J connectivity index is 1.93. The van der Waals surface area contributed by atoms with E-state index >= 15 is 0 Å². The summed E-state index contributed by atoms with van der Waals surface area (Å²) in [6.07, 6.45) is 3.76. The highest BCUT2D eigenvalue weighted by molar-refractivity contribution is 7.12. The zero-order valence-electron chi connectivity index (χ0n) is 8.12. The molecule has 1 aromatic heterocycles. The molecule has 0 saturated carbocycles. The van der Waals surface area contributed by atoms with Gasteiger partial charge >= 0.3 is 0 Å². The van der Waals surface area contributed by atoms with E-state index < -0.39 is 0 Å². The second-order valence-electron chi connectivity index (χ2n) is 3.79. The average molecular weight is 206 g/mol. The number of nitrogens with zero attached hydrogens (tertiary/aromatic N) is 1. The van der Waals surface area contributed by atoms with Crippen molar-refractivity contribution in [3.63, 3.8) is 0 Å². The molecule has 2 nitrogen and oxygen atoms in total. The lowest BCUT2D eigenvalue weighted by Crippen LogP contribution is -2.30. The summed E-state index contributed by atoms with van der Waals surface area (Å²) in [5.41, 5.74) is 0. The average Bonchev–Trinajstić information content (AvgIpc) is 2.67. The molecule has 0 bridgehead atoms. The van der Waals surface area contributed by atoms with Crippen LogP contribution in [-0.4, -0.2) is 13.1 Å². The summed E-state index contributed by atoms with van der Waals surface area (Å²) in [5.74, 6) is 0.772. The highest BCUT2D eigenvalue weighted by Gasteiger charge is 2.14. The Morgan fingerprint density at radius 2 is 2.50 bits per heavy atom. The van der Waals surface area contributed by atoms with Crippen LogP contribution < -0.4 is 5.32 Å². The van der Waals surface area contributed by atoms with Gasteiger partial charge in [-0.15, -0.1) is 11.3 Å². The van der Waals surface area contributed by atoms with Crippen LogP contribution in [0.1, 0.15) is 22.6 Å². The largest absolute Gasteiger partial charge is 0.316 e. The van der Waals surface area contributed by atoms with Gasteiger partial charge in [0.25, 0.3) is 0 Å². The summed E-state index contributed by atoms with van der Waals surface area (Å²) in [4.78, 5) is 2.19. The van der Waals surface area contributed by atoms with Crippen molar-refractivity contribution >= 4 is 11.3 Å². The quantitative estimate of drug-likeness (QED) is 0.805. The van der Waals surface area contributed by atoms with Crippen molar-refractivity contribution < 1.29 is 0 Å². The van der Waals surface area contributed by atoms with Crippen molar-refractivity contribution in [3.8, 4) is 6.07 Å². The first-order valence-corrected chi connectivity index (χ1v) is 5.89. The number of nitrogens with one attached hydrogen (secondary N) is 1. The fourth-order valence-electron chi connectivity index (χ4n) is 1.93. The molecule has 14 heavy (non-hydrogen) atoms. The lowest BCUT2D eigenvalue weighted by molar-refractivity contribution is 0.378. The van der Waals surface area contributed by atoms with E-state index in [0.29, 0.717) is 0 Å². The maximum atomic E-state index is 8.70. The maximum Gasteiger partial charge on any atom is 0.110 e. The number of piperidine rings is 1. The van der Waals surface area contributed by atoms with Crippen LogP contribution in [0, 0.1) is 17.2 Å². The van der Waals surface area contributed by atoms with Gasteiger partial charge in [-0.05, 0) is 50.4 Å². The van der Waals surface area contributed by atoms with Gasteiger partial charge in [-0.3, -0.25) is 0 Å². The van der Waals surface area contributed by atoms with Gasteiger partial charge < -0.3 is 5.32 Å². The van der Waals surface area contributed by atoms with E-state index in [-0.39, 0.29) is 0 Å². The van der Waals surface area contributed by atoms with Gasteiger partial charge in [0.2, 0.25) is 0 Å². The number of thiophene rings is 1. The lowest BCUT2D eigenvalue weighted by Gasteiger charge is -2.21. The first kappa shape index (κ1) is 9.70. The van der Waals surface area contributed by atoms with E-state index in [2.05, 4.69) is 17.5 Å².